The topological polar surface area (TPSA) is 35.2 Å². The highest BCUT2D eigenvalue weighted by Crippen LogP contribution is 2.39. The van der Waals surface area contributed by atoms with E-state index in [1.807, 2.05) is 18.2 Å². The molecule has 1 atom stereocenters. The lowest BCUT2D eigenvalue weighted by atomic mass is 10.1. The molecule has 6 heteroatoms. The average molecular weight is 412 g/mol. The predicted octanol–water partition coefficient (Wildman–Crippen LogP) is 4.98. The molecule has 96 valence electrons. The maximum atomic E-state index is 6.27. The lowest BCUT2D eigenvalue weighted by Crippen LogP contribution is -2.11. The van der Waals surface area contributed by atoms with Crippen molar-refractivity contribution in [3.05, 3.63) is 48.0 Å². The van der Waals surface area contributed by atoms with Gasteiger partial charge in [0.25, 0.3) is 0 Å². The number of benzene rings is 1. The van der Waals surface area contributed by atoms with Gasteiger partial charge in [-0.3, -0.25) is 0 Å². The Morgan fingerprint density at radius 2 is 2.06 bits per heavy atom. The molecule has 1 aromatic heterocycles. The van der Waals surface area contributed by atoms with Gasteiger partial charge in [0.2, 0.25) is 0 Å². The Hall–Kier alpha value is -0.0700. The number of methoxy groups -OCH3 is 1. The minimum Gasteiger partial charge on any atom is -0.496 e. The van der Waals surface area contributed by atoms with Crippen LogP contribution in [-0.2, 0) is 0 Å². The van der Waals surface area contributed by atoms with E-state index in [9.17, 15) is 0 Å². The SMILES string of the molecule is COc1ccc(Cl)cc1C(N)c1cc(Br)c(Br)s1. The van der Waals surface area contributed by atoms with Crippen molar-refractivity contribution >= 4 is 54.8 Å². The van der Waals surface area contributed by atoms with Crippen molar-refractivity contribution in [3.63, 3.8) is 0 Å². The largest absolute Gasteiger partial charge is 0.496 e. The van der Waals surface area contributed by atoms with Crippen molar-refractivity contribution in [2.75, 3.05) is 7.11 Å². The number of nitrogens with two attached hydrogens (primary N) is 1. The van der Waals surface area contributed by atoms with Crippen LogP contribution >= 0.6 is 54.8 Å². The quantitative estimate of drug-likeness (QED) is 0.773. The minimum atomic E-state index is -0.258. The Morgan fingerprint density at radius 1 is 1.33 bits per heavy atom. The van der Waals surface area contributed by atoms with Crippen molar-refractivity contribution in [2.45, 2.75) is 6.04 Å². The molecule has 18 heavy (non-hydrogen) atoms. The fraction of sp³-hybridized carbons (Fsp3) is 0.167. The van der Waals surface area contributed by atoms with Crippen LogP contribution in [0.5, 0.6) is 5.75 Å². The molecule has 0 radical (unpaired) electrons. The minimum absolute atomic E-state index is 0.258. The van der Waals surface area contributed by atoms with Gasteiger partial charge in [-0.05, 0) is 56.1 Å². The van der Waals surface area contributed by atoms with Gasteiger partial charge in [-0.25, -0.2) is 0 Å². The smallest absolute Gasteiger partial charge is 0.124 e. The molecular weight excluding hydrogens is 401 g/mol. The summed E-state index contributed by atoms with van der Waals surface area (Å²) in [5.74, 6) is 0.743. The fourth-order valence-electron chi connectivity index (χ4n) is 1.62. The first-order valence-electron chi connectivity index (χ1n) is 5.06. The van der Waals surface area contributed by atoms with E-state index >= 15 is 0 Å². The maximum Gasteiger partial charge on any atom is 0.124 e. The lowest BCUT2D eigenvalue weighted by molar-refractivity contribution is 0.408. The molecule has 0 aliphatic rings. The number of ether oxygens (including phenoxy) is 1. The summed E-state index contributed by atoms with van der Waals surface area (Å²) in [6.07, 6.45) is 0. The molecule has 1 unspecified atom stereocenters. The van der Waals surface area contributed by atoms with Crippen LogP contribution < -0.4 is 10.5 Å². The van der Waals surface area contributed by atoms with Crippen molar-refractivity contribution in [1.82, 2.24) is 0 Å². The van der Waals surface area contributed by atoms with Crippen molar-refractivity contribution in [1.29, 1.82) is 0 Å². The Balaban J connectivity index is 2.44. The van der Waals surface area contributed by atoms with Gasteiger partial charge in [-0.1, -0.05) is 11.6 Å². The van der Waals surface area contributed by atoms with Gasteiger partial charge >= 0.3 is 0 Å². The predicted molar refractivity (Wildman–Crippen MR) is 83.8 cm³/mol. The number of rotatable bonds is 3. The molecule has 0 fully saturated rings. The van der Waals surface area contributed by atoms with Crippen molar-refractivity contribution in [3.8, 4) is 5.75 Å². The second-order valence-electron chi connectivity index (χ2n) is 3.63. The average Bonchev–Trinajstić information content (AvgIpc) is 2.68. The van der Waals surface area contributed by atoms with E-state index in [0.29, 0.717) is 5.02 Å². The van der Waals surface area contributed by atoms with Gasteiger partial charge in [0.05, 0.1) is 16.9 Å². The number of thiophene rings is 1. The molecule has 1 aromatic carbocycles. The third-order valence-corrected chi connectivity index (χ3v) is 6.07. The molecule has 0 aliphatic heterocycles. The normalized spacial score (nSPS) is 12.5. The highest BCUT2D eigenvalue weighted by atomic mass is 79.9. The fourth-order valence-corrected chi connectivity index (χ4v) is 3.91. The first kappa shape index (κ1) is 14.3. The summed E-state index contributed by atoms with van der Waals surface area (Å²) in [6.45, 7) is 0. The summed E-state index contributed by atoms with van der Waals surface area (Å²) in [5.41, 5.74) is 7.15. The summed E-state index contributed by atoms with van der Waals surface area (Å²) in [7, 11) is 1.62. The van der Waals surface area contributed by atoms with Crippen LogP contribution in [0.3, 0.4) is 0 Å². The van der Waals surface area contributed by atoms with E-state index in [2.05, 4.69) is 31.9 Å². The monoisotopic (exact) mass is 409 g/mol. The van der Waals surface area contributed by atoms with Crippen LogP contribution in [0.1, 0.15) is 16.5 Å². The summed E-state index contributed by atoms with van der Waals surface area (Å²) in [5, 5.41) is 0.649. The van der Waals surface area contributed by atoms with Crippen LogP contribution in [0, 0.1) is 0 Å². The van der Waals surface area contributed by atoms with Crippen LogP contribution in [0.15, 0.2) is 32.5 Å². The standard InChI is InChI=1S/C12H10Br2ClNOS/c1-17-9-3-2-6(15)4-7(9)11(16)10-5-8(13)12(14)18-10/h2-5,11H,16H2,1H3. The Bertz CT molecular complexity index is 554. The zero-order chi connectivity index (χ0) is 13.3. The molecule has 2 rings (SSSR count). The van der Waals surface area contributed by atoms with Crippen LogP contribution in [0.2, 0.25) is 5.02 Å². The Labute approximate surface area is 131 Å². The molecule has 0 saturated carbocycles. The second kappa shape index (κ2) is 5.92. The molecule has 0 spiro atoms. The van der Waals surface area contributed by atoms with Crippen molar-refractivity contribution in [2.24, 2.45) is 5.73 Å². The third kappa shape index (κ3) is 2.91. The first-order valence-corrected chi connectivity index (χ1v) is 7.84. The van der Waals surface area contributed by atoms with E-state index in [4.69, 9.17) is 22.1 Å². The Kier molecular flexibility index (Phi) is 4.72. The Morgan fingerprint density at radius 3 is 2.61 bits per heavy atom. The van der Waals surface area contributed by atoms with Gasteiger partial charge < -0.3 is 10.5 Å². The van der Waals surface area contributed by atoms with Gasteiger partial charge in [0, 0.05) is 19.9 Å². The second-order valence-corrected chi connectivity index (χ2v) is 7.33. The van der Waals surface area contributed by atoms with Crippen LogP contribution in [0.25, 0.3) is 0 Å². The maximum absolute atomic E-state index is 6.27. The molecule has 1 heterocycles. The van der Waals surface area contributed by atoms with E-state index in [1.165, 1.54) is 0 Å². The van der Waals surface area contributed by atoms with Gasteiger partial charge in [-0.2, -0.15) is 0 Å². The first-order chi connectivity index (χ1) is 8.52. The van der Waals surface area contributed by atoms with Gasteiger partial charge in [-0.15, -0.1) is 11.3 Å². The highest BCUT2D eigenvalue weighted by molar-refractivity contribution is 9.13. The molecule has 0 amide bonds. The number of hydrogen-bond acceptors (Lipinski definition) is 3. The zero-order valence-electron chi connectivity index (χ0n) is 9.41. The molecule has 2 N–H and O–H groups in total. The molecule has 0 aliphatic carbocycles. The molecule has 0 saturated heterocycles. The molecule has 2 nitrogen and oxygen atoms in total. The van der Waals surface area contributed by atoms with Gasteiger partial charge in [0.15, 0.2) is 0 Å². The third-order valence-electron chi connectivity index (χ3n) is 2.50. The summed E-state index contributed by atoms with van der Waals surface area (Å²) in [6, 6.07) is 7.20. The number of hydrogen-bond donors (Lipinski definition) is 1. The molecule has 2 aromatic rings. The van der Waals surface area contributed by atoms with E-state index in [1.54, 1.807) is 24.5 Å². The van der Waals surface area contributed by atoms with E-state index < -0.39 is 0 Å². The van der Waals surface area contributed by atoms with E-state index in [0.717, 1.165) is 24.4 Å². The summed E-state index contributed by atoms with van der Waals surface area (Å²) < 4.78 is 7.34. The van der Waals surface area contributed by atoms with Crippen LogP contribution in [-0.4, -0.2) is 7.11 Å². The van der Waals surface area contributed by atoms with Crippen LogP contribution in [0.4, 0.5) is 0 Å². The van der Waals surface area contributed by atoms with Gasteiger partial charge in [0.1, 0.15) is 5.75 Å². The molecule has 0 bridgehead atoms. The summed E-state index contributed by atoms with van der Waals surface area (Å²) in [4.78, 5) is 1.04. The lowest BCUT2D eigenvalue weighted by Gasteiger charge is -2.14. The van der Waals surface area contributed by atoms with Crippen molar-refractivity contribution < 1.29 is 4.74 Å². The summed E-state index contributed by atoms with van der Waals surface area (Å²) >= 11 is 14.5. The highest BCUT2D eigenvalue weighted by Gasteiger charge is 2.18. The molecular formula is C12H10Br2ClNOS. The number of halogens is 3. The van der Waals surface area contributed by atoms with E-state index in [-0.39, 0.29) is 6.04 Å². The zero-order valence-corrected chi connectivity index (χ0v) is 14.2.